The van der Waals surface area contributed by atoms with Crippen molar-refractivity contribution < 1.29 is 0 Å². The van der Waals surface area contributed by atoms with Gasteiger partial charge in [0.1, 0.15) is 0 Å². The van der Waals surface area contributed by atoms with Gasteiger partial charge in [-0.05, 0) is 93.3 Å². The number of rotatable bonds is 4. The Labute approximate surface area is 329 Å². The molecule has 11 aromatic rings. The number of hydrogen-bond donors (Lipinski definition) is 0. The summed E-state index contributed by atoms with van der Waals surface area (Å²) in [6.07, 6.45) is -0.311. The van der Waals surface area contributed by atoms with Gasteiger partial charge in [0, 0.05) is 51.1 Å². The quantitative estimate of drug-likeness (QED) is 0.177. The summed E-state index contributed by atoms with van der Waals surface area (Å²) in [5.74, 6) is 0. The Morgan fingerprint density at radius 2 is 1.04 bits per heavy atom. The molecule has 0 N–H and O–H groups in total. The number of fused-ring (bicyclic) bond motifs is 10. The number of para-hydroxylation sites is 3. The fraction of sp³-hybridized carbons (Fsp3) is 0.0377. The topological polar surface area (TPSA) is 25.5 Å². The van der Waals surface area contributed by atoms with Gasteiger partial charge in [-0.15, -0.1) is 0 Å². The van der Waals surface area contributed by atoms with Crippen LogP contribution < -0.4 is 4.90 Å². The van der Waals surface area contributed by atoms with Crippen molar-refractivity contribution in [3.8, 4) is 16.8 Å². The second-order valence-electron chi connectivity index (χ2n) is 15.2. The average molecular weight is 729 g/mol. The van der Waals surface area contributed by atoms with Crippen LogP contribution in [-0.4, -0.2) is 21.9 Å². The summed E-state index contributed by atoms with van der Waals surface area (Å²) in [7, 11) is 2.18. The summed E-state index contributed by atoms with van der Waals surface area (Å²) in [5, 5.41) is 9.89. The Morgan fingerprint density at radius 1 is 0.421 bits per heavy atom. The molecular weight excluding hydrogens is 693 g/mol. The lowest BCUT2D eigenvalue weighted by Gasteiger charge is -2.35. The molecule has 9 aromatic carbocycles. The minimum absolute atomic E-state index is 0.311. The van der Waals surface area contributed by atoms with E-state index in [1.807, 2.05) is 0 Å². The highest BCUT2D eigenvalue weighted by Gasteiger charge is 2.30. The molecule has 0 aliphatic carbocycles. The van der Waals surface area contributed by atoms with Crippen molar-refractivity contribution in [3.63, 3.8) is 0 Å². The second kappa shape index (κ2) is 12.3. The molecule has 4 heteroatoms. The summed E-state index contributed by atoms with van der Waals surface area (Å²) >= 11 is 0. The van der Waals surface area contributed by atoms with Gasteiger partial charge >= 0.3 is 0 Å². The zero-order chi connectivity index (χ0) is 37.6. The lowest BCUT2D eigenvalue weighted by molar-refractivity contribution is 0.540. The summed E-state index contributed by atoms with van der Waals surface area (Å²) < 4.78 is 4.83. The molecule has 0 spiro atoms. The van der Waals surface area contributed by atoms with Gasteiger partial charge in [-0.2, -0.15) is 0 Å². The molecule has 1 atom stereocenters. The zero-order valence-electron chi connectivity index (χ0n) is 31.3. The van der Waals surface area contributed by atoms with Gasteiger partial charge in [0.2, 0.25) is 6.29 Å². The highest BCUT2D eigenvalue weighted by molar-refractivity contribution is 6.22. The third-order valence-corrected chi connectivity index (χ3v) is 12.1. The first kappa shape index (κ1) is 31.9. The zero-order valence-corrected chi connectivity index (χ0v) is 31.3. The molecule has 0 amide bonds. The molecule has 4 nitrogen and oxygen atoms in total. The lowest BCUT2D eigenvalue weighted by Crippen LogP contribution is -2.33. The van der Waals surface area contributed by atoms with Crippen LogP contribution in [0.1, 0.15) is 17.4 Å². The van der Waals surface area contributed by atoms with Gasteiger partial charge in [-0.3, -0.25) is 0 Å². The van der Waals surface area contributed by atoms with E-state index < -0.39 is 0 Å². The number of hydrogen-bond acceptors (Lipinski definition) is 2. The Kier molecular flexibility index (Phi) is 6.87. The van der Waals surface area contributed by atoms with Gasteiger partial charge in [0.15, 0.2) is 0 Å². The van der Waals surface area contributed by atoms with Crippen LogP contribution in [0.25, 0.3) is 82.0 Å². The van der Waals surface area contributed by atoms with Gasteiger partial charge in [-0.1, -0.05) is 133 Å². The molecule has 12 rings (SSSR count). The molecular formula is C53H36N4. The SMILES string of the molecule is CN1c2ccccc2C(c2ccc3ccccc3c2)=NC1n1c2ccc(-c3ccc4c(c3)c3ccccc3n4-c3ccccc3)cc2c2c3ccccc3ccc21. The predicted octanol–water partition coefficient (Wildman–Crippen LogP) is 13.3. The summed E-state index contributed by atoms with van der Waals surface area (Å²) in [5.41, 5.74) is 12.7. The third kappa shape index (κ3) is 4.77. The van der Waals surface area contributed by atoms with E-state index in [1.54, 1.807) is 0 Å². The smallest absolute Gasteiger partial charge is 0.203 e. The van der Waals surface area contributed by atoms with E-state index in [4.69, 9.17) is 4.99 Å². The monoisotopic (exact) mass is 728 g/mol. The minimum Gasteiger partial charge on any atom is -0.335 e. The number of anilines is 1. The molecule has 0 saturated heterocycles. The van der Waals surface area contributed by atoms with E-state index in [9.17, 15) is 0 Å². The van der Waals surface area contributed by atoms with Crippen LogP contribution in [0.2, 0.25) is 0 Å². The molecule has 3 heterocycles. The van der Waals surface area contributed by atoms with E-state index in [1.165, 1.54) is 76.5 Å². The Morgan fingerprint density at radius 3 is 1.89 bits per heavy atom. The van der Waals surface area contributed by atoms with Crippen LogP contribution in [0.15, 0.2) is 199 Å². The molecule has 0 fully saturated rings. The summed E-state index contributed by atoms with van der Waals surface area (Å²) in [4.78, 5) is 8.01. The standard InChI is InChI=1S/C53H36N4/c1-55-46-21-11-10-20-43(46)52(39-24-23-34-13-5-6-15-36(34)31-39)54-53(55)57-49-29-27-38(33-45(49)51-41-18-8-7-14-35(41)25-30-50(51)57)37-26-28-48-44(32-37)42-19-9-12-22-47(42)56(48)40-16-3-2-4-17-40/h2-33,53H,1H3. The van der Waals surface area contributed by atoms with Crippen molar-refractivity contribution >= 4 is 76.6 Å². The fourth-order valence-electron chi connectivity index (χ4n) is 9.43. The van der Waals surface area contributed by atoms with E-state index in [0.29, 0.717) is 0 Å². The van der Waals surface area contributed by atoms with Crippen LogP contribution in [-0.2, 0) is 0 Å². The van der Waals surface area contributed by atoms with Crippen LogP contribution in [0.5, 0.6) is 0 Å². The lowest BCUT2D eigenvalue weighted by atomic mass is 9.96. The first-order chi connectivity index (χ1) is 28.2. The molecule has 1 aliphatic heterocycles. The van der Waals surface area contributed by atoms with Crippen LogP contribution in [0.3, 0.4) is 0 Å². The normalized spacial score (nSPS) is 14.3. The van der Waals surface area contributed by atoms with Crippen LogP contribution >= 0.6 is 0 Å². The number of nitrogens with zero attached hydrogens (tertiary/aromatic N) is 4. The maximum absolute atomic E-state index is 5.68. The Hall–Kier alpha value is -7.43. The number of aromatic nitrogens is 2. The number of aliphatic imine (C=N–C) groups is 1. The highest BCUT2D eigenvalue weighted by Crippen LogP contribution is 2.43. The first-order valence-corrected chi connectivity index (χ1v) is 19.6. The van der Waals surface area contributed by atoms with Crippen LogP contribution in [0, 0.1) is 0 Å². The van der Waals surface area contributed by atoms with Gasteiger partial charge in [0.05, 0.1) is 27.8 Å². The molecule has 0 saturated carbocycles. The van der Waals surface area contributed by atoms with E-state index >= 15 is 0 Å². The van der Waals surface area contributed by atoms with Crippen molar-refractivity contribution in [2.75, 3.05) is 11.9 Å². The molecule has 0 bridgehead atoms. The summed E-state index contributed by atoms with van der Waals surface area (Å²) in [6.45, 7) is 0. The molecule has 0 radical (unpaired) electrons. The third-order valence-electron chi connectivity index (χ3n) is 12.1. The van der Waals surface area contributed by atoms with Crippen molar-refractivity contribution in [1.82, 2.24) is 9.13 Å². The van der Waals surface area contributed by atoms with E-state index in [2.05, 4.69) is 215 Å². The highest BCUT2D eigenvalue weighted by atomic mass is 15.4. The maximum atomic E-state index is 5.68. The van der Waals surface area contributed by atoms with Gasteiger partial charge in [-0.25, -0.2) is 4.99 Å². The van der Waals surface area contributed by atoms with Crippen molar-refractivity contribution in [3.05, 3.63) is 205 Å². The minimum atomic E-state index is -0.311. The number of benzene rings is 9. The largest absolute Gasteiger partial charge is 0.335 e. The van der Waals surface area contributed by atoms with Crippen LogP contribution in [0.4, 0.5) is 5.69 Å². The average Bonchev–Trinajstić information content (AvgIpc) is 3.79. The van der Waals surface area contributed by atoms with Crippen molar-refractivity contribution in [2.24, 2.45) is 4.99 Å². The first-order valence-electron chi connectivity index (χ1n) is 19.6. The second-order valence-corrected chi connectivity index (χ2v) is 15.2. The Bertz CT molecular complexity index is 3440. The summed E-state index contributed by atoms with van der Waals surface area (Å²) in [6, 6.07) is 70.7. The molecule has 268 valence electrons. The molecule has 2 aromatic heterocycles. The van der Waals surface area contributed by atoms with Crippen molar-refractivity contribution in [2.45, 2.75) is 6.29 Å². The van der Waals surface area contributed by atoms with Crippen molar-refractivity contribution in [1.29, 1.82) is 0 Å². The maximum Gasteiger partial charge on any atom is 0.203 e. The Balaban J connectivity index is 1.09. The predicted molar refractivity (Wildman–Crippen MR) is 240 cm³/mol. The fourth-order valence-corrected chi connectivity index (χ4v) is 9.43. The molecule has 57 heavy (non-hydrogen) atoms. The van der Waals surface area contributed by atoms with Gasteiger partial charge < -0.3 is 14.0 Å². The van der Waals surface area contributed by atoms with E-state index in [-0.39, 0.29) is 6.29 Å². The molecule has 1 aliphatic rings. The molecule has 1 unspecified atom stereocenters. The van der Waals surface area contributed by atoms with E-state index in [0.717, 1.165) is 28.0 Å². The van der Waals surface area contributed by atoms with Gasteiger partial charge in [0.25, 0.3) is 0 Å².